The zero-order chi connectivity index (χ0) is 24.1. The molecule has 1 aliphatic heterocycles. The van der Waals surface area contributed by atoms with Crippen LogP contribution in [0.3, 0.4) is 0 Å². The van der Waals surface area contributed by atoms with Crippen molar-refractivity contribution in [1.82, 2.24) is 0 Å². The van der Waals surface area contributed by atoms with E-state index in [1.54, 1.807) is 6.92 Å². The molecule has 1 aromatic heterocycles. The average Bonchev–Trinajstić information content (AvgIpc) is 3.08. The highest BCUT2D eigenvalue weighted by atomic mass is 16.6. The summed E-state index contributed by atoms with van der Waals surface area (Å²) in [6, 6.07) is 0. The second-order valence-corrected chi connectivity index (χ2v) is 11.3. The molecule has 0 amide bonds. The fraction of sp³-hybridized carbons (Fsp3) is 0.679. The van der Waals surface area contributed by atoms with Gasteiger partial charge in [0.1, 0.15) is 12.4 Å². The van der Waals surface area contributed by atoms with Crippen LogP contribution in [0, 0.1) is 29.6 Å². The Balaban J connectivity index is 1.71. The van der Waals surface area contributed by atoms with Gasteiger partial charge in [0, 0.05) is 5.56 Å². The van der Waals surface area contributed by atoms with E-state index in [1.165, 1.54) is 18.3 Å². The summed E-state index contributed by atoms with van der Waals surface area (Å²) >= 11 is 0. The third-order valence-corrected chi connectivity index (χ3v) is 9.05. The number of ether oxygens (including phenoxy) is 2. The minimum Gasteiger partial charge on any atom is -0.468 e. The summed E-state index contributed by atoms with van der Waals surface area (Å²) in [4.78, 5) is 13.3. The molecule has 2 saturated carbocycles. The van der Waals surface area contributed by atoms with Gasteiger partial charge in [0.15, 0.2) is 5.43 Å². The van der Waals surface area contributed by atoms with E-state index in [2.05, 4.69) is 40.3 Å². The third kappa shape index (κ3) is 3.91. The van der Waals surface area contributed by atoms with Crippen molar-refractivity contribution in [3.63, 3.8) is 0 Å². The predicted octanol–water partition coefficient (Wildman–Crippen LogP) is 5.50. The Kier molecular flexibility index (Phi) is 6.43. The van der Waals surface area contributed by atoms with E-state index in [9.17, 15) is 9.90 Å². The number of aliphatic hydroxyl groups excluding tert-OH is 1. The fourth-order valence-corrected chi connectivity index (χ4v) is 7.40. The van der Waals surface area contributed by atoms with Crippen LogP contribution in [-0.4, -0.2) is 24.4 Å². The molecule has 3 aliphatic rings. The van der Waals surface area contributed by atoms with Crippen LogP contribution in [0.1, 0.15) is 76.7 Å². The Bertz CT molecular complexity index is 1020. The lowest BCUT2D eigenvalue weighted by Gasteiger charge is -2.59. The van der Waals surface area contributed by atoms with Crippen LogP contribution in [0.15, 0.2) is 33.0 Å². The van der Waals surface area contributed by atoms with Gasteiger partial charge in [-0.1, -0.05) is 37.6 Å². The second-order valence-electron chi connectivity index (χ2n) is 11.3. The molecule has 0 unspecified atom stereocenters. The first kappa shape index (κ1) is 24.3. The highest BCUT2D eigenvalue weighted by Gasteiger charge is 2.61. The summed E-state index contributed by atoms with van der Waals surface area (Å²) in [7, 11) is 1.52. The van der Waals surface area contributed by atoms with Gasteiger partial charge >= 0.3 is 0 Å². The molecule has 0 aromatic carbocycles. The zero-order valence-corrected chi connectivity index (χ0v) is 21.1. The Hall–Kier alpha value is -1.85. The SMILES string of the molecule is C=C1CC[C@@H]2[C@](C)(CC[C@H]3O[C@H](C=C(C)C)C[C@@]23C)[C@@H]1Cc1c(OC)oc(CO)c(C)c1=O. The molecule has 5 nitrogen and oxygen atoms in total. The number of fused-ring (bicyclic) bond motifs is 3. The molecule has 2 aliphatic carbocycles. The van der Waals surface area contributed by atoms with Crippen molar-refractivity contribution >= 4 is 0 Å². The van der Waals surface area contributed by atoms with Gasteiger partial charge in [-0.05, 0) is 82.0 Å². The van der Waals surface area contributed by atoms with E-state index in [-0.39, 0.29) is 52.7 Å². The molecular weight excluding hydrogens is 416 g/mol. The van der Waals surface area contributed by atoms with Gasteiger partial charge in [0.05, 0.1) is 24.9 Å². The molecule has 33 heavy (non-hydrogen) atoms. The molecule has 0 radical (unpaired) electrons. The van der Waals surface area contributed by atoms with E-state index in [1.807, 2.05) is 0 Å². The molecule has 4 rings (SSSR count). The summed E-state index contributed by atoms with van der Waals surface area (Å²) in [5.74, 6) is 1.17. The molecule has 1 saturated heterocycles. The standard InChI is InChI=1S/C28H40O5/c1-16(2)12-19-14-28(6)23-9-8-17(3)21(27(23,5)11-10-24(28)32-19)13-20-25(30)18(4)22(15-29)33-26(20)31-7/h12,19,21,23-24,29H,3,8-11,13-15H2,1-2,4-7H3/t19-,21-,23-,24-,27-,28+/m1/s1. The Labute approximate surface area is 197 Å². The van der Waals surface area contributed by atoms with E-state index >= 15 is 0 Å². The van der Waals surface area contributed by atoms with Crippen molar-refractivity contribution in [1.29, 1.82) is 0 Å². The van der Waals surface area contributed by atoms with Crippen LogP contribution in [0.4, 0.5) is 0 Å². The minimum atomic E-state index is -0.319. The highest BCUT2D eigenvalue weighted by molar-refractivity contribution is 5.33. The Morgan fingerprint density at radius 1 is 1.27 bits per heavy atom. The number of methoxy groups -OCH3 is 1. The number of allylic oxidation sites excluding steroid dienone is 2. The quantitative estimate of drug-likeness (QED) is 0.592. The first-order valence-electron chi connectivity index (χ1n) is 12.3. The topological polar surface area (TPSA) is 68.9 Å². The Morgan fingerprint density at radius 3 is 2.64 bits per heavy atom. The summed E-state index contributed by atoms with van der Waals surface area (Å²) in [5.41, 5.74) is 3.62. The van der Waals surface area contributed by atoms with Crippen molar-refractivity contribution in [3.05, 3.63) is 50.9 Å². The van der Waals surface area contributed by atoms with Gasteiger partial charge in [-0.2, -0.15) is 0 Å². The average molecular weight is 457 g/mol. The molecule has 0 bridgehead atoms. The number of hydrogen-bond acceptors (Lipinski definition) is 5. The smallest absolute Gasteiger partial charge is 0.291 e. The maximum Gasteiger partial charge on any atom is 0.291 e. The van der Waals surface area contributed by atoms with Gasteiger partial charge in [0.25, 0.3) is 5.95 Å². The Morgan fingerprint density at radius 2 is 2.00 bits per heavy atom. The zero-order valence-electron chi connectivity index (χ0n) is 21.1. The molecule has 3 fully saturated rings. The van der Waals surface area contributed by atoms with Crippen LogP contribution >= 0.6 is 0 Å². The molecule has 182 valence electrons. The fourth-order valence-electron chi connectivity index (χ4n) is 7.40. The lowest BCUT2D eigenvalue weighted by atomic mass is 9.45. The molecule has 1 N–H and O–H groups in total. The summed E-state index contributed by atoms with van der Waals surface area (Å²) in [5, 5.41) is 9.59. The lowest BCUT2D eigenvalue weighted by Crippen LogP contribution is -2.54. The van der Waals surface area contributed by atoms with Crippen molar-refractivity contribution in [2.75, 3.05) is 7.11 Å². The summed E-state index contributed by atoms with van der Waals surface area (Å²) < 4.78 is 17.8. The first-order chi connectivity index (χ1) is 15.5. The van der Waals surface area contributed by atoms with Crippen LogP contribution in [-0.2, 0) is 17.8 Å². The van der Waals surface area contributed by atoms with Crippen LogP contribution < -0.4 is 10.2 Å². The summed E-state index contributed by atoms with van der Waals surface area (Å²) in [6.45, 7) is 15.0. The molecule has 1 aromatic rings. The molecule has 2 heterocycles. The summed E-state index contributed by atoms with van der Waals surface area (Å²) in [6.07, 6.45) is 8.56. The molecular formula is C28H40O5. The second kappa shape index (κ2) is 8.74. The maximum atomic E-state index is 13.3. The van der Waals surface area contributed by atoms with Gasteiger partial charge in [0.2, 0.25) is 0 Å². The van der Waals surface area contributed by atoms with Crippen LogP contribution in [0.2, 0.25) is 0 Å². The minimum absolute atomic E-state index is 0.0326. The highest BCUT2D eigenvalue weighted by Crippen LogP contribution is 2.65. The number of aliphatic hydroxyl groups is 1. The van der Waals surface area contributed by atoms with Gasteiger partial charge in [-0.15, -0.1) is 0 Å². The molecule has 5 heteroatoms. The normalized spacial score (nSPS) is 35.7. The van der Waals surface area contributed by atoms with Gasteiger partial charge in [-0.3, -0.25) is 4.79 Å². The van der Waals surface area contributed by atoms with Gasteiger partial charge < -0.3 is 19.0 Å². The van der Waals surface area contributed by atoms with E-state index in [0.29, 0.717) is 23.5 Å². The van der Waals surface area contributed by atoms with E-state index in [0.717, 1.165) is 32.1 Å². The van der Waals surface area contributed by atoms with Crippen molar-refractivity contribution < 1.29 is 19.0 Å². The third-order valence-electron chi connectivity index (χ3n) is 9.05. The van der Waals surface area contributed by atoms with Crippen molar-refractivity contribution in [3.8, 4) is 5.95 Å². The van der Waals surface area contributed by atoms with Crippen molar-refractivity contribution in [2.24, 2.45) is 22.7 Å². The molecule has 0 spiro atoms. The van der Waals surface area contributed by atoms with E-state index in [4.69, 9.17) is 13.9 Å². The largest absolute Gasteiger partial charge is 0.468 e. The first-order valence-corrected chi connectivity index (χ1v) is 12.3. The lowest BCUT2D eigenvalue weighted by molar-refractivity contribution is -0.110. The maximum absolute atomic E-state index is 13.3. The van der Waals surface area contributed by atoms with Crippen LogP contribution in [0.25, 0.3) is 0 Å². The monoisotopic (exact) mass is 456 g/mol. The van der Waals surface area contributed by atoms with Crippen LogP contribution in [0.5, 0.6) is 5.95 Å². The molecule has 6 atom stereocenters. The number of hydrogen-bond donors (Lipinski definition) is 1. The van der Waals surface area contributed by atoms with Crippen molar-refractivity contribution in [2.45, 2.75) is 92.0 Å². The predicted molar refractivity (Wildman–Crippen MR) is 129 cm³/mol. The van der Waals surface area contributed by atoms with Gasteiger partial charge in [-0.25, -0.2) is 0 Å². The number of rotatable bonds is 5. The van der Waals surface area contributed by atoms with E-state index < -0.39 is 0 Å².